The second-order valence-corrected chi connectivity index (χ2v) is 7.00. The summed E-state index contributed by atoms with van der Waals surface area (Å²) in [6.07, 6.45) is 1.48. The number of nitrogens with zero attached hydrogens (tertiary/aromatic N) is 1. The van der Waals surface area contributed by atoms with Gasteiger partial charge in [0, 0.05) is 6.04 Å². The summed E-state index contributed by atoms with van der Waals surface area (Å²) in [5.74, 6) is -0.249. The van der Waals surface area contributed by atoms with E-state index in [4.69, 9.17) is 4.74 Å². The minimum absolute atomic E-state index is 0.0586. The first-order chi connectivity index (χ1) is 14.4. The van der Waals surface area contributed by atoms with E-state index < -0.39 is 5.91 Å². The first-order valence-electron chi connectivity index (χ1n) is 9.50. The topological polar surface area (TPSA) is 100 Å². The van der Waals surface area contributed by atoms with E-state index >= 15 is 0 Å². The Bertz CT molecular complexity index is 1080. The number of hydrazone groups is 1. The zero-order chi connectivity index (χ0) is 21.5. The Balaban J connectivity index is 1.57. The fourth-order valence-corrected chi connectivity index (χ4v) is 2.80. The van der Waals surface area contributed by atoms with Gasteiger partial charge in [0.2, 0.25) is 0 Å². The monoisotopic (exact) mass is 405 g/mol. The van der Waals surface area contributed by atoms with Gasteiger partial charge in [0.1, 0.15) is 11.5 Å². The second kappa shape index (κ2) is 9.56. The number of aromatic hydroxyl groups is 1. The SMILES string of the molecule is CC(C)NC(=O)COc1ccc(/C=N\NC(=O)c2cc3ccccc3cc2O)cc1. The Kier molecular flexibility index (Phi) is 6.64. The van der Waals surface area contributed by atoms with Crippen LogP contribution in [0.25, 0.3) is 10.8 Å². The molecule has 0 saturated heterocycles. The Morgan fingerprint density at radius 1 is 1.07 bits per heavy atom. The normalized spacial score (nSPS) is 11.0. The molecule has 3 aromatic rings. The van der Waals surface area contributed by atoms with Crippen LogP contribution in [0.1, 0.15) is 29.8 Å². The molecule has 7 nitrogen and oxygen atoms in total. The number of ether oxygens (including phenoxy) is 1. The number of hydrogen-bond donors (Lipinski definition) is 3. The lowest BCUT2D eigenvalue weighted by Gasteiger charge is -2.09. The van der Waals surface area contributed by atoms with Crippen molar-refractivity contribution in [3.63, 3.8) is 0 Å². The first kappa shape index (κ1) is 20.9. The van der Waals surface area contributed by atoms with Crippen LogP contribution in [0, 0.1) is 0 Å². The van der Waals surface area contributed by atoms with E-state index in [-0.39, 0.29) is 29.9 Å². The number of phenolic OH excluding ortho intramolecular Hbond substituents is 1. The standard InChI is InChI=1S/C23H23N3O4/c1-15(2)25-22(28)14-30-19-9-7-16(8-10-19)13-24-26-23(29)20-11-17-5-3-4-6-18(17)12-21(20)27/h3-13,15,27H,14H2,1-2H3,(H,25,28)(H,26,29)/b24-13-. The van der Waals surface area contributed by atoms with E-state index in [2.05, 4.69) is 15.8 Å². The maximum Gasteiger partial charge on any atom is 0.275 e. The molecular formula is C23H23N3O4. The van der Waals surface area contributed by atoms with Crippen molar-refractivity contribution >= 4 is 28.8 Å². The molecule has 0 radical (unpaired) electrons. The number of nitrogens with one attached hydrogen (secondary N) is 2. The third-order valence-corrected chi connectivity index (χ3v) is 4.19. The minimum Gasteiger partial charge on any atom is -0.507 e. The Morgan fingerprint density at radius 3 is 2.40 bits per heavy atom. The molecule has 0 aliphatic heterocycles. The van der Waals surface area contributed by atoms with Crippen LogP contribution in [0.4, 0.5) is 0 Å². The van der Waals surface area contributed by atoms with Crippen LogP contribution in [-0.4, -0.2) is 35.8 Å². The van der Waals surface area contributed by atoms with Crippen LogP contribution in [0.15, 0.2) is 65.8 Å². The third-order valence-electron chi connectivity index (χ3n) is 4.19. The summed E-state index contributed by atoms with van der Waals surface area (Å²) in [7, 11) is 0. The molecule has 3 rings (SSSR count). The van der Waals surface area contributed by atoms with Crippen LogP contribution in [0.3, 0.4) is 0 Å². The molecular weight excluding hydrogens is 382 g/mol. The van der Waals surface area contributed by atoms with Gasteiger partial charge in [-0.05, 0) is 66.6 Å². The molecule has 0 aliphatic rings. The van der Waals surface area contributed by atoms with Crippen molar-refractivity contribution in [2.24, 2.45) is 5.10 Å². The van der Waals surface area contributed by atoms with Gasteiger partial charge in [-0.15, -0.1) is 0 Å². The highest BCUT2D eigenvalue weighted by Gasteiger charge is 2.11. The van der Waals surface area contributed by atoms with Crippen LogP contribution < -0.4 is 15.5 Å². The van der Waals surface area contributed by atoms with Crippen LogP contribution in [-0.2, 0) is 4.79 Å². The number of hydrogen-bond acceptors (Lipinski definition) is 5. The number of benzene rings is 3. The summed E-state index contributed by atoms with van der Waals surface area (Å²) in [4.78, 5) is 23.9. The van der Waals surface area contributed by atoms with Crippen molar-refractivity contribution < 1.29 is 19.4 Å². The van der Waals surface area contributed by atoms with Gasteiger partial charge in [0.15, 0.2) is 6.61 Å². The maximum atomic E-state index is 12.3. The molecule has 0 aromatic heterocycles. The molecule has 0 bridgehead atoms. The lowest BCUT2D eigenvalue weighted by molar-refractivity contribution is -0.123. The summed E-state index contributed by atoms with van der Waals surface area (Å²) in [6, 6.07) is 17.6. The highest BCUT2D eigenvalue weighted by atomic mass is 16.5. The predicted octanol–water partition coefficient (Wildman–Crippen LogP) is 3.21. The molecule has 30 heavy (non-hydrogen) atoms. The average molecular weight is 405 g/mol. The number of rotatable bonds is 7. The number of phenols is 1. The minimum atomic E-state index is -0.509. The molecule has 0 heterocycles. The molecule has 3 aromatic carbocycles. The van der Waals surface area contributed by atoms with Gasteiger partial charge in [-0.3, -0.25) is 9.59 Å². The molecule has 0 aliphatic carbocycles. The first-order valence-corrected chi connectivity index (χ1v) is 9.50. The number of amides is 2. The van der Waals surface area contributed by atoms with E-state index in [0.717, 1.165) is 16.3 Å². The largest absolute Gasteiger partial charge is 0.507 e. The molecule has 154 valence electrons. The van der Waals surface area contributed by atoms with Crippen LogP contribution >= 0.6 is 0 Å². The maximum absolute atomic E-state index is 12.3. The number of carbonyl (C=O) groups excluding carboxylic acids is 2. The van der Waals surface area contributed by atoms with E-state index in [1.807, 2.05) is 38.1 Å². The van der Waals surface area contributed by atoms with Crippen molar-refractivity contribution in [3.8, 4) is 11.5 Å². The highest BCUT2D eigenvalue weighted by molar-refractivity contribution is 6.01. The molecule has 0 unspecified atom stereocenters. The fourth-order valence-electron chi connectivity index (χ4n) is 2.80. The van der Waals surface area contributed by atoms with Gasteiger partial charge >= 0.3 is 0 Å². The van der Waals surface area contributed by atoms with E-state index in [1.165, 1.54) is 6.21 Å². The smallest absolute Gasteiger partial charge is 0.275 e. The average Bonchev–Trinajstić information content (AvgIpc) is 2.72. The zero-order valence-corrected chi connectivity index (χ0v) is 16.8. The van der Waals surface area contributed by atoms with Crippen LogP contribution in [0.5, 0.6) is 11.5 Å². The molecule has 0 fully saturated rings. The number of fused-ring (bicyclic) bond motifs is 1. The van der Waals surface area contributed by atoms with Gasteiger partial charge in [-0.1, -0.05) is 24.3 Å². The van der Waals surface area contributed by atoms with Gasteiger partial charge < -0.3 is 15.2 Å². The summed E-state index contributed by atoms with van der Waals surface area (Å²) < 4.78 is 5.42. The van der Waals surface area contributed by atoms with Crippen molar-refractivity contribution in [2.75, 3.05) is 6.61 Å². The highest BCUT2D eigenvalue weighted by Crippen LogP contribution is 2.24. The lowest BCUT2D eigenvalue weighted by atomic mass is 10.1. The molecule has 2 amide bonds. The van der Waals surface area contributed by atoms with Crippen molar-refractivity contribution in [1.29, 1.82) is 0 Å². The quantitative estimate of drug-likeness (QED) is 0.415. The van der Waals surface area contributed by atoms with Crippen LogP contribution in [0.2, 0.25) is 0 Å². The third kappa shape index (κ3) is 5.57. The van der Waals surface area contributed by atoms with E-state index in [0.29, 0.717) is 5.75 Å². The fraction of sp³-hybridized carbons (Fsp3) is 0.174. The van der Waals surface area contributed by atoms with Crippen molar-refractivity contribution in [1.82, 2.24) is 10.7 Å². The molecule has 0 atom stereocenters. The Morgan fingerprint density at radius 2 is 1.73 bits per heavy atom. The molecule has 7 heteroatoms. The number of carbonyl (C=O) groups is 2. The Labute approximate surface area is 174 Å². The summed E-state index contributed by atoms with van der Waals surface area (Å²) in [5, 5.41) is 18.5. The van der Waals surface area contributed by atoms with Gasteiger partial charge in [0.25, 0.3) is 11.8 Å². The van der Waals surface area contributed by atoms with E-state index in [1.54, 1.807) is 36.4 Å². The predicted molar refractivity (Wildman–Crippen MR) is 116 cm³/mol. The lowest BCUT2D eigenvalue weighted by Crippen LogP contribution is -2.34. The van der Waals surface area contributed by atoms with Crippen molar-refractivity contribution in [3.05, 3.63) is 71.8 Å². The summed E-state index contributed by atoms with van der Waals surface area (Å²) in [5.41, 5.74) is 3.29. The summed E-state index contributed by atoms with van der Waals surface area (Å²) >= 11 is 0. The van der Waals surface area contributed by atoms with Gasteiger partial charge in [-0.25, -0.2) is 5.43 Å². The molecule has 0 saturated carbocycles. The van der Waals surface area contributed by atoms with E-state index in [9.17, 15) is 14.7 Å². The van der Waals surface area contributed by atoms with Gasteiger partial charge in [0.05, 0.1) is 11.8 Å². The summed E-state index contributed by atoms with van der Waals surface area (Å²) in [6.45, 7) is 3.70. The Hall–Kier alpha value is -3.87. The molecule has 3 N–H and O–H groups in total. The zero-order valence-electron chi connectivity index (χ0n) is 16.8. The molecule has 0 spiro atoms. The second-order valence-electron chi connectivity index (χ2n) is 7.00. The van der Waals surface area contributed by atoms with Gasteiger partial charge in [-0.2, -0.15) is 5.10 Å². The van der Waals surface area contributed by atoms with Crippen molar-refractivity contribution in [2.45, 2.75) is 19.9 Å².